The average molecular weight is 525 g/mol. The molecule has 2 aliphatic heterocycles. The number of benzene rings is 2. The summed E-state index contributed by atoms with van der Waals surface area (Å²) in [5.74, 6) is 0.685. The molecule has 5 rings (SSSR count). The number of rotatable bonds is 8. The van der Waals surface area contributed by atoms with Crippen molar-refractivity contribution >= 4 is 32.5 Å². The maximum absolute atomic E-state index is 12.8. The first-order valence-corrected chi connectivity index (χ1v) is 14.2. The fourth-order valence-corrected chi connectivity index (χ4v) is 5.85. The van der Waals surface area contributed by atoms with Gasteiger partial charge in [-0.3, -0.25) is 4.79 Å². The highest BCUT2D eigenvalue weighted by Crippen LogP contribution is 2.23. The molecule has 0 radical (unpaired) electrons. The molecule has 2 fully saturated rings. The van der Waals surface area contributed by atoms with Crippen LogP contribution in [-0.2, 0) is 19.6 Å². The monoisotopic (exact) mass is 524 g/mol. The molecule has 0 saturated carbocycles. The number of pyridine rings is 1. The lowest BCUT2D eigenvalue weighted by atomic mass is 9.97. The van der Waals surface area contributed by atoms with Crippen LogP contribution in [0.25, 0.3) is 10.8 Å². The van der Waals surface area contributed by atoms with E-state index in [1.807, 2.05) is 36.4 Å². The van der Waals surface area contributed by atoms with Gasteiger partial charge in [-0.25, -0.2) is 28.4 Å². The van der Waals surface area contributed by atoms with E-state index in [4.69, 9.17) is 9.57 Å². The van der Waals surface area contributed by atoms with Gasteiger partial charge in [-0.2, -0.15) is 0 Å². The number of hydroxylamine groups is 1. The Hall–Kier alpha value is -3.05. The Morgan fingerprint density at radius 3 is 2.57 bits per heavy atom. The number of hydrogen-bond donors (Lipinski definition) is 2. The van der Waals surface area contributed by atoms with E-state index in [0.717, 1.165) is 61.8 Å². The van der Waals surface area contributed by atoms with E-state index in [1.54, 1.807) is 24.4 Å². The summed E-state index contributed by atoms with van der Waals surface area (Å²) in [5.41, 5.74) is 2.86. The van der Waals surface area contributed by atoms with Gasteiger partial charge in [-0.15, -0.1) is 0 Å². The number of aromatic nitrogens is 1. The summed E-state index contributed by atoms with van der Waals surface area (Å²) in [6, 6.07) is 16.5. The minimum Gasteiger partial charge on any atom is -0.357 e. The third-order valence-corrected chi connectivity index (χ3v) is 8.38. The van der Waals surface area contributed by atoms with E-state index < -0.39 is 16.3 Å². The molecule has 0 bridgehead atoms. The van der Waals surface area contributed by atoms with Crippen molar-refractivity contribution in [2.45, 2.75) is 43.3 Å². The van der Waals surface area contributed by atoms with E-state index in [0.29, 0.717) is 18.7 Å². The van der Waals surface area contributed by atoms with Crippen LogP contribution in [0.2, 0.25) is 0 Å². The highest BCUT2D eigenvalue weighted by molar-refractivity contribution is 7.89. The van der Waals surface area contributed by atoms with Crippen molar-refractivity contribution in [2.24, 2.45) is 5.92 Å². The Kier molecular flexibility index (Phi) is 7.99. The van der Waals surface area contributed by atoms with Gasteiger partial charge >= 0.3 is 0 Å². The lowest BCUT2D eigenvalue weighted by Crippen LogP contribution is -2.39. The van der Waals surface area contributed by atoms with Crippen molar-refractivity contribution in [3.05, 3.63) is 66.4 Å². The van der Waals surface area contributed by atoms with Crippen LogP contribution < -0.4 is 15.1 Å². The topological polar surface area (TPSA) is 110 Å². The van der Waals surface area contributed by atoms with Gasteiger partial charge in [0.05, 0.1) is 10.5 Å². The van der Waals surface area contributed by atoms with Gasteiger partial charge < -0.3 is 9.64 Å². The zero-order valence-corrected chi connectivity index (χ0v) is 21.5. The first-order chi connectivity index (χ1) is 18.0. The number of nitrogens with one attached hydrogen (secondary N) is 2. The van der Waals surface area contributed by atoms with E-state index in [9.17, 15) is 13.2 Å². The molecule has 0 spiro atoms. The highest BCUT2D eigenvalue weighted by atomic mass is 32.2. The summed E-state index contributed by atoms with van der Waals surface area (Å²) in [6.07, 6.45) is 5.63. The smallest absolute Gasteiger partial charge is 0.276 e. The maximum atomic E-state index is 12.8. The number of nitrogens with zero attached hydrogens (tertiary/aromatic N) is 2. The summed E-state index contributed by atoms with van der Waals surface area (Å²) < 4.78 is 33.9. The van der Waals surface area contributed by atoms with Gasteiger partial charge in [-0.05, 0) is 66.6 Å². The summed E-state index contributed by atoms with van der Waals surface area (Å²) >= 11 is 0. The molecule has 1 unspecified atom stereocenters. The second kappa shape index (κ2) is 11.6. The third kappa shape index (κ3) is 6.45. The standard InChI is InChI=1S/C27H32N4O5S/c32-27(30-36-26-7-3-4-16-35-26)23-9-11-25(28-19-23)31-14-12-20(13-15-31)18-29-37(33,34)24-10-8-21-5-1-2-6-22(21)17-24/h1-2,5-6,8-11,17,19-20,26,29H,3-4,7,12-16,18H2,(H,30,32). The predicted molar refractivity (Wildman–Crippen MR) is 140 cm³/mol. The number of amides is 1. The van der Waals surface area contributed by atoms with Crippen LogP contribution in [0.1, 0.15) is 42.5 Å². The van der Waals surface area contributed by atoms with Crippen LogP contribution in [0.5, 0.6) is 0 Å². The van der Waals surface area contributed by atoms with Gasteiger partial charge in [-0.1, -0.05) is 30.3 Å². The molecular weight excluding hydrogens is 492 g/mol. The SMILES string of the molecule is O=C(NOC1CCCCO1)c1ccc(N2CCC(CNS(=O)(=O)c3ccc4ccccc4c3)CC2)nc1. The third-order valence-electron chi connectivity index (χ3n) is 6.96. The van der Waals surface area contributed by atoms with Crippen molar-refractivity contribution in [1.29, 1.82) is 0 Å². The first-order valence-electron chi connectivity index (χ1n) is 12.7. The van der Waals surface area contributed by atoms with Crippen LogP contribution in [0.15, 0.2) is 65.7 Å². The molecule has 2 aliphatic rings. The Labute approximate surface area is 217 Å². The normalized spacial score (nSPS) is 19.1. The number of sulfonamides is 1. The van der Waals surface area contributed by atoms with Crippen LogP contribution in [0.3, 0.4) is 0 Å². The molecule has 1 amide bonds. The molecule has 37 heavy (non-hydrogen) atoms. The summed E-state index contributed by atoms with van der Waals surface area (Å²) in [6.45, 7) is 2.58. The van der Waals surface area contributed by atoms with E-state index in [2.05, 4.69) is 20.1 Å². The summed E-state index contributed by atoms with van der Waals surface area (Å²) in [5, 5.41) is 1.92. The molecule has 3 heterocycles. The average Bonchev–Trinajstić information content (AvgIpc) is 2.95. The maximum Gasteiger partial charge on any atom is 0.276 e. The second-order valence-corrected chi connectivity index (χ2v) is 11.3. The van der Waals surface area contributed by atoms with Crippen LogP contribution in [0.4, 0.5) is 5.82 Å². The van der Waals surface area contributed by atoms with Gasteiger partial charge in [0.1, 0.15) is 5.82 Å². The van der Waals surface area contributed by atoms with Gasteiger partial charge in [0, 0.05) is 38.9 Å². The van der Waals surface area contributed by atoms with E-state index in [1.165, 1.54) is 0 Å². The fraction of sp³-hybridized carbons (Fsp3) is 0.407. The minimum absolute atomic E-state index is 0.246. The summed E-state index contributed by atoms with van der Waals surface area (Å²) in [4.78, 5) is 24.6. The zero-order valence-electron chi connectivity index (χ0n) is 20.6. The first kappa shape index (κ1) is 25.6. The van der Waals surface area contributed by atoms with Crippen molar-refractivity contribution in [1.82, 2.24) is 15.2 Å². The molecule has 1 atom stereocenters. The fourth-order valence-electron chi connectivity index (χ4n) is 4.70. The number of piperidine rings is 1. The van der Waals surface area contributed by atoms with Crippen LogP contribution in [0, 0.1) is 5.92 Å². The largest absolute Gasteiger partial charge is 0.357 e. The molecule has 2 aromatic carbocycles. The zero-order chi connectivity index (χ0) is 25.7. The highest BCUT2D eigenvalue weighted by Gasteiger charge is 2.23. The Balaban J connectivity index is 1.09. The van der Waals surface area contributed by atoms with Gasteiger partial charge in [0.2, 0.25) is 10.0 Å². The van der Waals surface area contributed by atoms with Crippen molar-refractivity contribution < 1.29 is 22.8 Å². The Morgan fingerprint density at radius 2 is 1.84 bits per heavy atom. The number of fused-ring (bicyclic) bond motifs is 1. The second-order valence-electron chi connectivity index (χ2n) is 9.54. The predicted octanol–water partition coefficient (Wildman–Crippen LogP) is 3.62. The number of carbonyl (C=O) groups is 1. The lowest BCUT2D eigenvalue weighted by molar-refractivity contribution is -0.186. The lowest BCUT2D eigenvalue weighted by Gasteiger charge is -2.32. The van der Waals surface area contributed by atoms with Crippen molar-refractivity contribution in [3.63, 3.8) is 0 Å². The van der Waals surface area contributed by atoms with Crippen LogP contribution in [-0.4, -0.2) is 51.8 Å². The van der Waals surface area contributed by atoms with E-state index in [-0.39, 0.29) is 16.7 Å². The molecule has 1 aromatic heterocycles. The Bertz CT molecular complexity index is 1320. The molecule has 2 saturated heterocycles. The summed E-state index contributed by atoms with van der Waals surface area (Å²) in [7, 11) is -3.57. The number of hydrogen-bond acceptors (Lipinski definition) is 7. The molecule has 3 aromatic rings. The molecule has 0 aliphatic carbocycles. The minimum atomic E-state index is -3.57. The quantitative estimate of drug-likeness (QED) is 0.433. The molecule has 10 heteroatoms. The molecule has 196 valence electrons. The molecule has 9 nitrogen and oxygen atoms in total. The molecular formula is C27H32N4O5S. The van der Waals surface area contributed by atoms with Crippen molar-refractivity contribution in [3.8, 4) is 0 Å². The van der Waals surface area contributed by atoms with Crippen molar-refractivity contribution in [2.75, 3.05) is 31.1 Å². The Morgan fingerprint density at radius 1 is 1.03 bits per heavy atom. The number of ether oxygens (including phenoxy) is 1. The van der Waals surface area contributed by atoms with Gasteiger partial charge in [0.25, 0.3) is 5.91 Å². The van der Waals surface area contributed by atoms with Gasteiger partial charge in [0.15, 0.2) is 6.29 Å². The number of anilines is 1. The number of carbonyl (C=O) groups excluding carboxylic acids is 1. The van der Waals surface area contributed by atoms with E-state index >= 15 is 0 Å². The van der Waals surface area contributed by atoms with Crippen LogP contribution >= 0.6 is 0 Å². The molecule has 2 N–H and O–H groups in total.